The summed E-state index contributed by atoms with van der Waals surface area (Å²) < 4.78 is 44.5. The fraction of sp³-hybridized carbons (Fsp3) is 0.565. The number of carbonyl (C=O) groups is 2. The van der Waals surface area contributed by atoms with Gasteiger partial charge in [0.25, 0.3) is 0 Å². The largest absolute Gasteiger partial charge is 0.471 e. The van der Waals surface area contributed by atoms with Crippen LogP contribution < -0.4 is 0 Å². The summed E-state index contributed by atoms with van der Waals surface area (Å²) in [6.07, 6.45) is -0.816. The molecule has 0 N–H and O–H groups in total. The molecule has 3 rings (SSSR count). The molecule has 0 aromatic heterocycles. The van der Waals surface area contributed by atoms with E-state index in [9.17, 15) is 22.8 Å². The van der Waals surface area contributed by atoms with E-state index in [1.165, 1.54) is 0 Å². The average molecular weight is 438 g/mol. The molecule has 0 radical (unpaired) electrons. The van der Waals surface area contributed by atoms with Crippen LogP contribution in [0.4, 0.5) is 18.0 Å². The van der Waals surface area contributed by atoms with Gasteiger partial charge in [-0.15, -0.1) is 0 Å². The number of alkyl halides is 3. The van der Waals surface area contributed by atoms with Crippen LogP contribution in [0.25, 0.3) is 6.08 Å². The van der Waals surface area contributed by atoms with E-state index in [1.54, 1.807) is 17.0 Å². The molecule has 31 heavy (non-hydrogen) atoms. The van der Waals surface area contributed by atoms with Crippen LogP contribution in [-0.4, -0.2) is 53.2 Å². The molecule has 2 aliphatic heterocycles. The van der Waals surface area contributed by atoms with Gasteiger partial charge in [-0.25, -0.2) is 4.79 Å². The van der Waals surface area contributed by atoms with E-state index in [1.807, 2.05) is 39.0 Å². The van der Waals surface area contributed by atoms with Crippen LogP contribution in [0.15, 0.2) is 29.8 Å². The van der Waals surface area contributed by atoms with Crippen molar-refractivity contribution in [2.24, 2.45) is 0 Å². The molecule has 2 amide bonds. The molecular weight excluding hydrogens is 409 g/mol. The Bertz CT molecular complexity index is 848. The molecule has 2 aliphatic rings. The first kappa shape index (κ1) is 23.2. The van der Waals surface area contributed by atoms with E-state index < -0.39 is 23.7 Å². The maximum atomic E-state index is 13.0. The molecule has 1 aromatic carbocycles. The van der Waals surface area contributed by atoms with Gasteiger partial charge in [-0.05, 0) is 57.6 Å². The molecule has 0 spiro atoms. The smallest absolute Gasteiger partial charge is 0.444 e. The molecule has 8 heteroatoms. The van der Waals surface area contributed by atoms with E-state index in [0.717, 1.165) is 21.6 Å². The Kier molecular flexibility index (Phi) is 6.67. The van der Waals surface area contributed by atoms with Crippen molar-refractivity contribution in [1.29, 1.82) is 0 Å². The van der Waals surface area contributed by atoms with Crippen LogP contribution >= 0.6 is 0 Å². The van der Waals surface area contributed by atoms with Gasteiger partial charge in [0.2, 0.25) is 0 Å². The van der Waals surface area contributed by atoms with Crippen LogP contribution in [0, 0.1) is 0 Å². The molecule has 0 unspecified atom stereocenters. The van der Waals surface area contributed by atoms with Crippen LogP contribution in [-0.2, 0) is 9.53 Å². The number of rotatable bonds is 2. The summed E-state index contributed by atoms with van der Waals surface area (Å²) >= 11 is 0. The molecule has 2 fully saturated rings. The van der Waals surface area contributed by atoms with Crippen molar-refractivity contribution < 1.29 is 27.5 Å². The monoisotopic (exact) mass is 438 g/mol. The molecule has 1 atom stereocenters. The summed E-state index contributed by atoms with van der Waals surface area (Å²) in [5, 5.41) is 0. The molecule has 170 valence electrons. The summed E-state index contributed by atoms with van der Waals surface area (Å²) in [6.45, 7) is 6.65. The number of carbonyl (C=O) groups excluding carboxylic acids is 2. The third kappa shape index (κ3) is 5.80. The number of hydrogen-bond acceptors (Lipinski definition) is 3. The molecule has 2 heterocycles. The highest BCUT2D eigenvalue weighted by Crippen LogP contribution is 2.37. The normalized spacial score (nSPS) is 20.1. The highest BCUT2D eigenvalue weighted by atomic mass is 19.4. The molecular formula is C23H29F3N2O3. The fourth-order valence-corrected chi connectivity index (χ4v) is 4.11. The summed E-state index contributed by atoms with van der Waals surface area (Å²) in [4.78, 5) is 26.8. The minimum Gasteiger partial charge on any atom is -0.444 e. The van der Waals surface area contributed by atoms with Crippen LogP contribution in [0.1, 0.15) is 63.6 Å². The first-order chi connectivity index (χ1) is 14.5. The Morgan fingerprint density at radius 3 is 2.32 bits per heavy atom. The van der Waals surface area contributed by atoms with Gasteiger partial charge in [-0.1, -0.05) is 35.9 Å². The zero-order valence-corrected chi connectivity index (χ0v) is 18.2. The second-order valence-electron chi connectivity index (χ2n) is 9.05. The van der Waals surface area contributed by atoms with Gasteiger partial charge >= 0.3 is 18.2 Å². The highest BCUT2D eigenvalue weighted by Gasteiger charge is 2.46. The zero-order chi connectivity index (χ0) is 22.8. The van der Waals surface area contributed by atoms with E-state index in [2.05, 4.69) is 0 Å². The minimum absolute atomic E-state index is 0.110. The van der Waals surface area contributed by atoms with Crippen LogP contribution in [0.3, 0.4) is 0 Å². The van der Waals surface area contributed by atoms with Gasteiger partial charge in [0.05, 0.1) is 6.04 Å². The van der Waals surface area contributed by atoms with E-state index in [4.69, 9.17) is 4.74 Å². The lowest BCUT2D eigenvalue weighted by atomic mass is 9.94. The lowest BCUT2D eigenvalue weighted by Gasteiger charge is -2.31. The summed E-state index contributed by atoms with van der Waals surface area (Å²) in [5.41, 5.74) is 2.14. The Balaban J connectivity index is 1.74. The van der Waals surface area contributed by atoms with Gasteiger partial charge < -0.3 is 14.5 Å². The Hall–Kier alpha value is -2.51. The molecule has 0 bridgehead atoms. The Morgan fingerprint density at radius 1 is 1.06 bits per heavy atom. The van der Waals surface area contributed by atoms with Gasteiger partial charge in [0.15, 0.2) is 0 Å². The zero-order valence-electron chi connectivity index (χ0n) is 18.2. The quantitative estimate of drug-likeness (QED) is 0.627. The van der Waals surface area contributed by atoms with Crippen molar-refractivity contribution >= 4 is 18.1 Å². The SMILES string of the molecule is CC(C)(C)OC(=O)N1CCC(=Cc2ccccc2[C@H]2CCCN2C(=O)C(F)(F)F)CC1. The molecule has 0 aliphatic carbocycles. The number of ether oxygens (including phenoxy) is 1. The second kappa shape index (κ2) is 8.93. The van der Waals surface area contributed by atoms with E-state index >= 15 is 0 Å². The maximum absolute atomic E-state index is 13.0. The Morgan fingerprint density at radius 2 is 1.71 bits per heavy atom. The van der Waals surface area contributed by atoms with Gasteiger partial charge in [0, 0.05) is 19.6 Å². The van der Waals surface area contributed by atoms with Crippen molar-refractivity contribution in [2.45, 2.75) is 64.3 Å². The predicted octanol–water partition coefficient (Wildman–Crippen LogP) is 5.33. The van der Waals surface area contributed by atoms with Crippen molar-refractivity contribution in [2.75, 3.05) is 19.6 Å². The van der Waals surface area contributed by atoms with Gasteiger partial charge in [0.1, 0.15) is 5.60 Å². The highest BCUT2D eigenvalue weighted by molar-refractivity contribution is 5.82. The molecule has 5 nitrogen and oxygen atoms in total. The van der Waals surface area contributed by atoms with Crippen molar-refractivity contribution in [1.82, 2.24) is 9.80 Å². The number of likely N-dealkylation sites (tertiary alicyclic amines) is 2. The fourth-order valence-electron chi connectivity index (χ4n) is 4.11. The molecule has 2 saturated heterocycles. The topological polar surface area (TPSA) is 49.9 Å². The van der Waals surface area contributed by atoms with Gasteiger partial charge in [-0.3, -0.25) is 4.79 Å². The first-order valence-electron chi connectivity index (χ1n) is 10.6. The Labute approximate surface area is 180 Å². The third-order valence-electron chi connectivity index (χ3n) is 5.53. The summed E-state index contributed by atoms with van der Waals surface area (Å²) in [7, 11) is 0. The lowest BCUT2D eigenvalue weighted by molar-refractivity contribution is -0.186. The van der Waals surface area contributed by atoms with Crippen molar-refractivity contribution in [3.63, 3.8) is 0 Å². The van der Waals surface area contributed by atoms with Crippen molar-refractivity contribution in [3.8, 4) is 0 Å². The van der Waals surface area contributed by atoms with E-state index in [0.29, 0.717) is 38.8 Å². The number of amides is 2. The minimum atomic E-state index is -4.87. The number of benzene rings is 1. The van der Waals surface area contributed by atoms with Crippen molar-refractivity contribution in [3.05, 3.63) is 41.0 Å². The molecule has 1 aromatic rings. The van der Waals surface area contributed by atoms with Crippen LogP contribution in [0.5, 0.6) is 0 Å². The number of nitrogens with zero attached hydrogens (tertiary/aromatic N) is 2. The summed E-state index contributed by atoms with van der Waals surface area (Å²) in [5.74, 6) is -1.77. The summed E-state index contributed by atoms with van der Waals surface area (Å²) in [6, 6.07) is 6.73. The third-order valence-corrected chi connectivity index (χ3v) is 5.53. The van der Waals surface area contributed by atoms with E-state index in [-0.39, 0.29) is 12.6 Å². The average Bonchev–Trinajstić information content (AvgIpc) is 3.15. The predicted molar refractivity (Wildman–Crippen MR) is 111 cm³/mol. The van der Waals surface area contributed by atoms with Gasteiger partial charge in [-0.2, -0.15) is 13.2 Å². The molecule has 0 saturated carbocycles. The maximum Gasteiger partial charge on any atom is 0.471 e. The number of hydrogen-bond donors (Lipinski definition) is 0. The standard InChI is InChI=1S/C23H29F3N2O3/c1-22(2,3)31-21(30)27-13-10-16(11-14-27)15-17-7-4-5-8-18(17)19-9-6-12-28(19)20(29)23(24,25)26/h4-5,7-8,15,19H,6,9-14H2,1-3H3/t19-/m1/s1. The number of halogens is 3. The lowest BCUT2D eigenvalue weighted by Crippen LogP contribution is -2.40. The number of piperidine rings is 1. The second-order valence-corrected chi connectivity index (χ2v) is 9.05. The first-order valence-corrected chi connectivity index (χ1v) is 10.6. The van der Waals surface area contributed by atoms with Crippen LogP contribution in [0.2, 0.25) is 0 Å².